The molecule has 2 aromatic carbocycles. The summed E-state index contributed by atoms with van der Waals surface area (Å²) >= 11 is 0. The second-order valence-corrected chi connectivity index (χ2v) is 5.18. The smallest absolute Gasteiger partial charge is 0.338 e. The first-order valence-electron chi connectivity index (χ1n) is 7.27. The maximum atomic E-state index is 13.8. The van der Waals surface area contributed by atoms with Gasteiger partial charge < -0.3 is 4.74 Å². The van der Waals surface area contributed by atoms with Gasteiger partial charge >= 0.3 is 5.97 Å². The lowest BCUT2D eigenvalue weighted by Crippen LogP contribution is -2.08. The number of hydrogen-bond acceptors (Lipinski definition) is 4. The van der Waals surface area contributed by atoms with E-state index in [0.29, 0.717) is 23.0 Å². The summed E-state index contributed by atoms with van der Waals surface area (Å²) in [6.07, 6.45) is 1.35. The molecular weight excluding hydrogens is 351 g/mol. The maximum Gasteiger partial charge on any atom is 0.338 e. The van der Waals surface area contributed by atoms with Crippen LogP contribution in [0.15, 0.2) is 41.6 Å². The van der Waals surface area contributed by atoms with Crippen LogP contribution in [0.5, 0.6) is 0 Å². The third-order valence-electron chi connectivity index (χ3n) is 3.64. The molecule has 1 aromatic heterocycles. The van der Waals surface area contributed by atoms with Crippen molar-refractivity contribution >= 4 is 16.9 Å². The molecule has 7 nitrogen and oxygen atoms in total. The summed E-state index contributed by atoms with van der Waals surface area (Å²) in [6, 6.07) is 5.80. The first-order valence-corrected chi connectivity index (χ1v) is 7.27. The molecule has 0 atom stereocenters. The molecule has 3 rings (SSSR count). The van der Waals surface area contributed by atoms with E-state index >= 15 is 0 Å². The minimum atomic E-state index is -1.03. The van der Waals surface area contributed by atoms with Gasteiger partial charge in [0.2, 0.25) is 0 Å². The van der Waals surface area contributed by atoms with Crippen LogP contribution in [0.2, 0.25) is 0 Å². The minimum Gasteiger partial charge on any atom is -0.456 e. The highest BCUT2D eigenvalue weighted by Gasteiger charge is 2.17. The molecule has 0 fully saturated rings. The maximum absolute atomic E-state index is 13.8. The standard InChI is InChI=1S/C16H10F3N5O2/c17-9-4-13(18)12(14(19)5-9)7-24-15-3-1-2-10(11(15)6-22-24)16(25)26-8-21-23-20/h1-6H,7-8H2. The molecule has 0 aliphatic heterocycles. The number of hydrogen-bond donors (Lipinski definition) is 0. The monoisotopic (exact) mass is 361 g/mol. The normalized spacial score (nSPS) is 10.6. The van der Waals surface area contributed by atoms with Crippen LogP contribution in [0.3, 0.4) is 0 Å². The number of fused-ring (bicyclic) bond motifs is 1. The third-order valence-corrected chi connectivity index (χ3v) is 3.64. The van der Waals surface area contributed by atoms with Gasteiger partial charge in [-0.1, -0.05) is 11.2 Å². The molecule has 0 spiro atoms. The highest BCUT2D eigenvalue weighted by molar-refractivity contribution is 6.03. The Kier molecular flexibility index (Phi) is 4.76. The van der Waals surface area contributed by atoms with E-state index in [1.807, 2.05) is 0 Å². The number of esters is 1. The molecule has 0 aliphatic rings. The summed E-state index contributed by atoms with van der Waals surface area (Å²) in [5.41, 5.74) is 8.42. The van der Waals surface area contributed by atoms with E-state index in [9.17, 15) is 18.0 Å². The number of ether oxygens (including phenoxy) is 1. The van der Waals surface area contributed by atoms with Crippen molar-refractivity contribution in [3.8, 4) is 0 Å². The van der Waals surface area contributed by atoms with Crippen LogP contribution in [-0.2, 0) is 11.3 Å². The number of halogens is 3. The van der Waals surface area contributed by atoms with Crippen molar-refractivity contribution in [3.05, 3.63) is 75.6 Å². The fraction of sp³-hybridized carbons (Fsp3) is 0.125. The summed E-state index contributed by atoms with van der Waals surface area (Å²) in [5, 5.41) is 7.53. The summed E-state index contributed by atoms with van der Waals surface area (Å²) in [7, 11) is 0. The second kappa shape index (κ2) is 7.16. The van der Waals surface area contributed by atoms with E-state index in [1.165, 1.54) is 16.9 Å². The van der Waals surface area contributed by atoms with Gasteiger partial charge in [0, 0.05) is 28.0 Å². The Bertz CT molecular complexity index is 1020. The Balaban J connectivity index is 1.96. The van der Waals surface area contributed by atoms with Crippen molar-refractivity contribution in [1.82, 2.24) is 9.78 Å². The van der Waals surface area contributed by atoms with E-state index < -0.39 is 30.2 Å². The zero-order chi connectivity index (χ0) is 18.7. The lowest BCUT2D eigenvalue weighted by molar-refractivity contribution is 0.0518. The number of benzene rings is 2. The van der Waals surface area contributed by atoms with Gasteiger partial charge in [0.05, 0.1) is 23.8 Å². The van der Waals surface area contributed by atoms with E-state index in [2.05, 4.69) is 15.1 Å². The molecule has 1 heterocycles. The largest absolute Gasteiger partial charge is 0.456 e. The quantitative estimate of drug-likeness (QED) is 0.298. The van der Waals surface area contributed by atoms with Crippen LogP contribution in [0.25, 0.3) is 21.3 Å². The van der Waals surface area contributed by atoms with Gasteiger partial charge in [0.1, 0.15) is 17.5 Å². The number of carbonyl (C=O) groups excluding carboxylic acids is 1. The summed E-state index contributed by atoms with van der Waals surface area (Å²) in [4.78, 5) is 14.5. The van der Waals surface area contributed by atoms with Gasteiger partial charge in [0.25, 0.3) is 0 Å². The number of carbonyl (C=O) groups is 1. The average molecular weight is 361 g/mol. The van der Waals surface area contributed by atoms with Crippen molar-refractivity contribution < 1.29 is 22.7 Å². The van der Waals surface area contributed by atoms with Crippen molar-refractivity contribution in [2.45, 2.75) is 6.54 Å². The lowest BCUT2D eigenvalue weighted by Gasteiger charge is -2.08. The third kappa shape index (κ3) is 3.31. The van der Waals surface area contributed by atoms with Gasteiger partial charge in [-0.05, 0) is 17.7 Å². The zero-order valence-corrected chi connectivity index (χ0v) is 13.1. The molecule has 10 heteroatoms. The predicted octanol–water partition coefficient (Wildman–Crippen LogP) is 3.93. The van der Waals surface area contributed by atoms with Gasteiger partial charge in [-0.2, -0.15) is 5.10 Å². The first-order chi connectivity index (χ1) is 12.5. The van der Waals surface area contributed by atoms with Crippen LogP contribution in [-0.4, -0.2) is 22.5 Å². The van der Waals surface area contributed by atoms with E-state index in [4.69, 9.17) is 10.3 Å². The average Bonchev–Trinajstić information content (AvgIpc) is 3.01. The molecule has 3 aromatic rings. The predicted molar refractivity (Wildman–Crippen MR) is 84.6 cm³/mol. The molecular formula is C16H10F3N5O2. The fourth-order valence-electron chi connectivity index (χ4n) is 2.47. The lowest BCUT2D eigenvalue weighted by atomic mass is 10.1. The molecule has 0 unspecified atom stereocenters. The Morgan fingerprint density at radius 2 is 2.00 bits per heavy atom. The second-order valence-electron chi connectivity index (χ2n) is 5.18. The van der Waals surface area contributed by atoms with Crippen molar-refractivity contribution in [1.29, 1.82) is 0 Å². The van der Waals surface area contributed by atoms with Crippen LogP contribution >= 0.6 is 0 Å². The first kappa shape index (κ1) is 17.3. The van der Waals surface area contributed by atoms with E-state index in [1.54, 1.807) is 12.1 Å². The molecule has 0 saturated carbocycles. The van der Waals surface area contributed by atoms with Gasteiger partial charge in [0.15, 0.2) is 6.73 Å². The summed E-state index contributed by atoms with van der Waals surface area (Å²) in [5.74, 6) is -3.81. The van der Waals surface area contributed by atoms with Gasteiger partial charge in [-0.15, -0.1) is 0 Å². The molecule has 0 saturated heterocycles. The Hall–Kier alpha value is -3.52. The molecule has 0 aliphatic carbocycles. The number of aromatic nitrogens is 2. The van der Waals surface area contributed by atoms with Crippen LogP contribution in [0.4, 0.5) is 13.2 Å². The molecule has 0 amide bonds. The summed E-state index contributed by atoms with van der Waals surface area (Å²) < 4.78 is 46.8. The fourth-order valence-corrected chi connectivity index (χ4v) is 2.47. The van der Waals surface area contributed by atoms with Crippen LogP contribution in [0, 0.1) is 17.5 Å². The van der Waals surface area contributed by atoms with Crippen molar-refractivity contribution in [2.75, 3.05) is 6.73 Å². The van der Waals surface area contributed by atoms with Crippen molar-refractivity contribution in [3.63, 3.8) is 0 Å². The zero-order valence-electron chi connectivity index (χ0n) is 13.1. The van der Waals surface area contributed by atoms with Crippen molar-refractivity contribution in [2.24, 2.45) is 5.11 Å². The highest BCUT2D eigenvalue weighted by atomic mass is 19.1. The molecule has 26 heavy (non-hydrogen) atoms. The highest BCUT2D eigenvalue weighted by Crippen LogP contribution is 2.22. The number of nitrogens with zero attached hydrogens (tertiary/aromatic N) is 5. The minimum absolute atomic E-state index is 0.155. The number of azide groups is 1. The molecule has 0 bridgehead atoms. The molecule has 132 valence electrons. The summed E-state index contributed by atoms with van der Waals surface area (Å²) in [6.45, 7) is -0.759. The molecule has 0 N–H and O–H groups in total. The van der Waals surface area contributed by atoms with Crippen LogP contribution in [0.1, 0.15) is 15.9 Å². The van der Waals surface area contributed by atoms with Gasteiger partial charge in [-0.25, -0.2) is 18.0 Å². The topological polar surface area (TPSA) is 92.9 Å². The van der Waals surface area contributed by atoms with Crippen LogP contribution < -0.4 is 0 Å². The SMILES string of the molecule is [N-]=[N+]=NCOC(=O)c1cccc2c1cnn2Cc1c(F)cc(F)cc1F. The number of rotatable bonds is 5. The van der Waals surface area contributed by atoms with E-state index in [0.717, 1.165) is 0 Å². The Morgan fingerprint density at radius 3 is 2.69 bits per heavy atom. The Labute approximate surface area is 144 Å². The van der Waals surface area contributed by atoms with Gasteiger partial charge in [-0.3, -0.25) is 4.68 Å². The molecule has 0 radical (unpaired) electrons. The Morgan fingerprint density at radius 1 is 1.27 bits per heavy atom. The van der Waals surface area contributed by atoms with E-state index in [-0.39, 0.29) is 17.7 Å².